The zero-order valence-corrected chi connectivity index (χ0v) is 25.5. The van der Waals surface area contributed by atoms with E-state index in [1.54, 1.807) is 39.9 Å². The molecule has 2 aliphatic rings. The van der Waals surface area contributed by atoms with E-state index >= 15 is 4.39 Å². The van der Waals surface area contributed by atoms with Crippen LogP contribution in [0.3, 0.4) is 0 Å². The highest BCUT2D eigenvalue weighted by atomic mass is 19.1. The number of nitrogens with zero attached hydrogens (tertiary/aromatic N) is 7. The number of para-hydroxylation sites is 1. The molecule has 2 N–H and O–H groups in total. The number of hydrogen-bond acceptors (Lipinski definition) is 9. The number of anilines is 1. The number of carbonyl (C=O) groups excluding carboxylic acids is 1. The highest BCUT2D eigenvalue weighted by Gasteiger charge is 2.35. The summed E-state index contributed by atoms with van der Waals surface area (Å²) in [6, 6.07) is 15.8. The van der Waals surface area contributed by atoms with Crippen molar-refractivity contribution < 1.29 is 18.7 Å². The molecule has 2 aromatic carbocycles. The lowest BCUT2D eigenvalue weighted by molar-refractivity contribution is -0.128. The van der Waals surface area contributed by atoms with E-state index in [2.05, 4.69) is 20.9 Å². The van der Waals surface area contributed by atoms with Gasteiger partial charge in [0, 0.05) is 30.3 Å². The molecule has 1 atom stereocenters. The lowest BCUT2D eigenvalue weighted by atomic mass is 9.96. The summed E-state index contributed by atoms with van der Waals surface area (Å²) >= 11 is 0. The van der Waals surface area contributed by atoms with Crippen molar-refractivity contribution in [3.63, 3.8) is 0 Å². The number of rotatable bonds is 8. The van der Waals surface area contributed by atoms with Crippen LogP contribution in [0.15, 0.2) is 66.5 Å². The number of amides is 1. The number of halogens is 1. The molecule has 0 saturated carbocycles. The quantitative estimate of drug-likeness (QED) is 0.222. The van der Waals surface area contributed by atoms with Crippen molar-refractivity contribution in [2.45, 2.75) is 44.3 Å². The molecule has 6 rings (SSSR count). The molecule has 45 heavy (non-hydrogen) atoms. The Morgan fingerprint density at radius 3 is 2.67 bits per heavy atom. The summed E-state index contributed by atoms with van der Waals surface area (Å²) in [5, 5.41) is 15.2. The second-order valence-corrected chi connectivity index (χ2v) is 12.0. The molecule has 12 heteroatoms. The van der Waals surface area contributed by atoms with Crippen LogP contribution in [0, 0.1) is 17.1 Å². The van der Waals surface area contributed by atoms with Gasteiger partial charge in [0.05, 0.1) is 30.7 Å². The molecule has 0 radical (unpaired) electrons. The van der Waals surface area contributed by atoms with E-state index in [0.717, 1.165) is 0 Å². The maximum absolute atomic E-state index is 15.6. The van der Waals surface area contributed by atoms with Crippen molar-refractivity contribution in [1.29, 1.82) is 5.26 Å². The molecule has 0 spiro atoms. The molecule has 0 unspecified atom stereocenters. The van der Waals surface area contributed by atoms with Gasteiger partial charge in [-0.05, 0) is 64.1 Å². The molecule has 0 bridgehead atoms. The maximum Gasteiger partial charge on any atom is 0.264 e. The normalized spacial score (nSPS) is 17.7. The second-order valence-electron chi connectivity index (χ2n) is 12.0. The van der Waals surface area contributed by atoms with E-state index < -0.39 is 11.4 Å². The summed E-state index contributed by atoms with van der Waals surface area (Å²) in [5.41, 5.74) is 6.83. The zero-order chi connectivity index (χ0) is 31.7. The fourth-order valence-electron chi connectivity index (χ4n) is 5.84. The number of piperidine rings is 1. The Balaban J connectivity index is 1.28. The molecule has 2 saturated heterocycles. The summed E-state index contributed by atoms with van der Waals surface area (Å²) in [5.74, 6) is 0.231. The number of likely N-dealkylation sites (N-methyl/N-ethyl adjacent to an activating group) is 1. The average molecular weight is 611 g/mol. The highest BCUT2D eigenvalue weighted by molar-refractivity contribution is 5.99. The van der Waals surface area contributed by atoms with Gasteiger partial charge in [0.15, 0.2) is 5.65 Å². The SMILES string of the molecule is CN(C1COC1)C(C)(C)C=C(C#N)C(=O)N1CCC[C@H](n2nc(-c3ccc(Oc4ccccc4)cc3F)c3c(N)ncnc32)C1. The van der Waals surface area contributed by atoms with Crippen LogP contribution in [-0.4, -0.2) is 80.4 Å². The molecule has 4 heterocycles. The van der Waals surface area contributed by atoms with E-state index in [1.807, 2.05) is 39.1 Å². The van der Waals surface area contributed by atoms with E-state index in [1.165, 1.54) is 12.4 Å². The van der Waals surface area contributed by atoms with Gasteiger partial charge >= 0.3 is 0 Å². The first-order valence-electron chi connectivity index (χ1n) is 14.9. The molecule has 2 fully saturated rings. The standard InChI is InChI=1S/C33H35FN8O3/c1-33(2,40(3)23-18-44-19-23)15-21(16-35)32(43)41-13-7-8-22(17-41)42-31-28(30(36)37-20-38-31)29(39-42)26-12-11-25(14-27(26)34)45-24-9-5-4-6-10-24/h4-6,9-12,14-15,20,22-23H,7-8,13,17-19H2,1-3H3,(H2,36,37,38)/t22-/m0/s1. The van der Waals surface area contributed by atoms with Crippen molar-refractivity contribution in [3.05, 3.63) is 72.3 Å². The zero-order valence-electron chi connectivity index (χ0n) is 25.5. The average Bonchev–Trinajstić information content (AvgIpc) is 3.40. The molecule has 4 aromatic rings. The molecule has 0 aliphatic carbocycles. The Labute approximate surface area is 260 Å². The summed E-state index contributed by atoms with van der Waals surface area (Å²) in [7, 11) is 1.97. The second kappa shape index (κ2) is 12.3. The third kappa shape index (κ3) is 5.96. The third-order valence-corrected chi connectivity index (χ3v) is 8.65. The van der Waals surface area contributed by atoms with Crippen LogP contribution in [0.2, 0.25) is 0 Å². The van der Waals surface area contributed by atoms with Crippen molar-refractivity contribution in [3.8, 4) is 28.8 Å². The summed E-state index contributed by atoms with van der Waals surface area (Å²) in [4.78, 5) is 26.1. The third-order valence-electron chi connectivity index (χ3n) is 8.65. The summed E-state index contributed by atoms with van der Waals surface area (Å²) < 4.78 is 28.4. The number of likely N-dealkylation sites (tertiary alicyclic amines) is 1. The monoisotopic (exact) mass is 610 g/mol. The van der Waals surface area contributed by atoms with E-state index in [0.29, 0.717) is 67.4 Å². The largest absolute Gasteiger partial charge is 0.457 e. The van der Waals surface area contributed by atoms with Crippen molar-refractivity contribution in [2.24, 2.45) is 0 Å². The van der Waals surface area contributed by atoms with E-state index in [9.17, 15) is 10.1 Å². The molecule has 2 aliphatic heterocycles. The molecular weight excluding hydrogens is 575 g/mol. The van der Waals surface area contributed by atoms with E-state index in [4.69, 9.17) is 20.3 Å². The first-order valence-corrected chi connectivity index (χ1v) is 14.9. The summed E-state index contributed by atoms with van der Waals surface area (Å²) in [6.45, 7) is 6.02. The number of nitrogens with two attached hydrogens (primary N) is 1. The number of carbonyl (C=O) groups is 1. The van der Waals surface area contributed by atoms with Gasteiger partial charge < -0.3 is 20.1 Å². The van der Waals surface area contributed by atoms with Gasteiger partial charge in [0.2, 0.25) is 0 Å². The Morgan fingerprint density at radius 1 is 1.20 bits per heavy atom. The van der Waals surface area contributed by atoms with Crippen LogP contribution in [0.1, 0.15) is 32.7 Å². The Morgan fingerprint density at radius 2 is 1.98 bits per heavy atom. The first-order chi connectivity index (χ1) is 21.7. The topological polar surface area (TPSA) is 135 Å². The van der Waals surface area contributed by atoms with Crippen molar-refractivity contribution >= 4 is 22.8 Å². The van der Waals surface area contributed by atoms with Crippen LogP contribution in [0.25, 0.3) is 22.3 Å². The Kier molecular flexibility index (Phi) is 8.22. The number of aromatic nitrogens is 4. The van der Waals surface area contributed by atoms with Crippen molar-refractivity contribution in [2.75, 3.05) is 39.1 Å². The Bertz CT molecular complexity index is 1790. The van der Waals surface area contributed by atoms with Gasteiger partial charge in [0.1, 0.15) is 46.8 Å². The smallest absolute Gasteiger partial charge is 0.264 e. The minimum absolute atomic E-state index is 0.0882. The van der Waals surface area contributed by atoms with E-state index in [-0.39, 0.29) is 34.9 Å². The minimum Gasteiger partial charge on any atom is -0.457 e. The number of nitriles is 1. The van der Waals surface area contributed by atoms with Crippen LogP contribution in [-0.2, 0) is 9.53 Å². The number of nitrogen functional groups attached to an aromatic ring is 1. The highest BCUT2D eigenvalue weighted by Crippen LogP contribution is 2.36. The summed E-state index contributed by atoms with van der Waals surface area (Å²) in [6.07, 6.45) is 4.48. The number of ether oxygens (including phenoxy) is 2. The predicted molar refractivity (Wildman–Crippen MR) is 167 cm³/mol. The van der Waals surface area contributed by atoms with Crippen LogP contribution < -0.4 is 10.5 Å². The molecular formula is C33H35FN8O3. The fourth-order valence-corrected chi connectivity index (χ4v) is 5.84. The molecule has 232 valence electrons. The van der Waals surface area contributed by atoms with Gasteiger partial charge in [-0.2, -0.15) is 10.4 Å². The van der Waals surface area contributed by atoms with Gasteiger partial charge in [-0.1, -0.05) is 18.2 Å². The lowest BCUT2D eigenvalue weighted by Gasteiger charge is -2.43. The van der Waals surface area contributed by atoms with Gasteiger partial charge in [-0.15, -0.1) is 0 Å². The van der Waals surface area contributed by atoms with Crippen LogP contribution in [0.5, 0.6) is 11.5 Å². The van der Waals surface area contributed by atoms with Gasteiger partial charge in [-0.3, -0.25) is 9.69 Å². The Hall–Kier alpha value is -4.86. The molecule has 1 amide bonds. The van der Waals surface area contributed by atoms with Crippen molar-refractivity contribution in [1.82, 2.24) is 29.5 Å². The molecule has 11 nitrogen and oxygen atoms in total. The van der Waals surface area contributed by atoms with Crippen LogP contribution in [0.4, 0.5) is 10.2 Å². The number of fused-ring (bicyclic) bond motifs is 1. The predicted octanol–water partition coefficient (Wildman–Crippen LogP) is 4.73. The van der Waals surface area contributed by atoms with Gasteiger partial charge in [0.25, 0.3) is 5.91 Å². The van der Waals surface area contributed by atoms with Crippen LogP contribution >= 0.6 is 0 Å². The number of benzene rings is 2. The lowest BCUT2D eigenvalue weighted by Crippen LogP contribution is -2.55. The maximum atomic E-state index is 15.6. The van der Waals surface area contributed by atoms with Gasteiger partial charge in [-0.25, -0.2) is 19.0 Å². The minimum atomic E-state index is -0.538. The number of hydrogen-bond donors (Lipinski definition) is 1. The fraction of sp³-hybridized carbons (Fsp3) is 0.364. The molecule has 2 aromatic heterocycles. The first kappa shape index (κ1) is 30.2.